The Labute approximate surface area is 109 Å². The predicted octanol–water partition coefficient (Wildman–Crippen LogP) is 1.53. The summed E-state index contributed by atoms with van der Waals surface area (Å²) in [7, 11) is 0. The minimum atomic E-state index is -0.570. The van der Waals surface area contributed by atoms with E-state index < -0.39 is 17.3 Å². The Bertz CT molecular complexity index is 593. The van der Waals surface area contributed by atoms with Gasteiger partial charge >= 0.3 is 0 Å². The van der Waals surface area contributed by atoms with Gasteiger partial charge in [-0.15, -0.1) is 0 Å². The first kappa shape index (κ1) is 12.9. The number of aromatic hydroxyl groups is 3. The van der Waals surface area contributed by atoms with Crippen LogP contribution in [0.5, 0.6) is 17.2 Å². The van der Waals surface area contributed by atoms with Gasteiger partial charge in [-0.2, -0.15) is 0 Å². The van der Waals surface area contributed by atoms with Crippen molar-refractivity contribution in [3.8, 4) is 17.2 Å². The van der Waals surface area contributed by atoms with Crippen molar-refractivity contribution in [3.63, 3.8) is 0 Å². The van der Waals surface area contributed by atoms with Crippen LogP contribution in [-0.4, -0.2) is 26.2 Å². The van der Waals surface area contributed by atoms with E-state index in [4.69, 9.17) is 10.2 Å². The van der Waals surface area contributed by atoms with Crippen molar-refractivity contribution in [2.24, 2.45) is 0 Å². The number of benzene rings is 2. The highest BCUT2D eigenvalue weighted by Crippen LogP contribution is 2.31. The second kappa shape index (κ2) is 4.99. The minimum Gasteiger partial charge on any atom is -0.508 e. The lowest BCUT2D eigenvalue weighted by Gasteiger charge is -2.08. The van der Waals surface area contributed by atoms with Crippen LogP contribution in [0, 0.1) is 0 Å². The van der Waals surface area contributed by atoms with Gasteiger partial charge in [0.2, 0.25) is 5.78 Å². The van der Waals surface area contributed by atoms with Gasteiger partial charge in [0.05, 0.1) is 6.61 Å². The molecule has 98 valence electrons. The van der Waals surface area contributed by atoms with E-state index in [1.807, 2.05) is 0 Å². The number of carbonyl (C=O) groups is 1. The molecule has 0 aliphatic heterocycles. The van der Waals surface area contributed by atoms with Crippen LogP contribution in [0.4, 0.5) is 0 Å². The van der Waals surface area contributed by atoms with Crippen molar-refractivity contribution in [2.75, 3.05) is 0 Å². The van der Waals surface area contributed by atoms with Crippen molar-refractivity contribution in [2.45, 2.75) is 6.61 Å². The van der Waals surface area contributed by atoms with Crippen LogP contribution in [0.25, 0.3) is 0 Å². The Hall–Kier alpha value is -2.53. The summed E-state index contributed by atoms with van der Waals surface area (Å²) in [6.45, 7) is -0.352. The molecule has 0 radical (unpaired) electrons. The summed E-state index contributed by atoms with van der Waals surface area (Å²) in [6, 6.07) is 7.88. The fourth-order valence-electron chi connectivity index (χ4n) is 1.75. The van der Waals surface area contributed by atoms with Crippen LogP contribution in [-0.2, 0) is 6.61 Å². The van der Waals surface area contributed by atoms with Crippen molar-refractivity contribution >= 4 is 5.78 Å². The number of hydrogen-bond acceptors (Lipinski definition) is 5. The maximum atomic E-state index is 12.1. The Balaban J connectivity index is 2.47. The number of ketones is 1. The number of aliphatic hydroxyl groups is 1. The highest BCUT2D eigenvalue weighted by Gasteiger charge is 2.19. The summed E-state index contributed by atoms with van der Waals surface area (Å²) in [5, 5.41) is 37.6. The van der Waals surface area contributed by atoms with Crippen molar-refractivity contribution in [1.82, 2.24) is 0 Å². The molecule has 0 atom stereocenters. The smallest absolute Gasteiger partial charge is 0.200 e. The molecule has 0 aliphatic rings. The average Bonchev–Trinajstić information content (AvgIpc) is 2.38. The summed E-state index contributed by atoms with van der Waals surface area (Å²) in [4.78, 5) is 12.1. The number of rotatable bonds is 3. The van der Waals surface area contributed by atoms with E-state index >= 15 is 0 Å². The first-order chi connectivity index (χ1) is 9.02. The van der Waals surface area contributed by atoms with Crippen LogP contribution in [0.3, 0.4) is 0 Å². The molecule has 0 bridgehead atoms. The standard InChI is InChI=1S/C14H12O5/c15-7-8-5-11(17)13(12(18)6-8)14(19)9-1-3-10(16)4-2-9/h1-6,15-18H,7H2. The first-order valence-corrected chi connectivity index (χ1v) is 5.52. The molecule has 2 rings (SSSR count). The molecule has 0 saturated heterocycles. The summed E-state index contributed by atoms with van der Waals surface area (Å²) < 4.78 is 0. The molecule has 5 heteroatoms. The van der Waals surface area contributed by atoms with Gasteiger partial charge in [-0.3, -0.25) is 4.79 Å². The first-order valence-electron chi connectivity index (χ1n) is 5.52. The maximum Gasteiger partial charge on any atom is 0.200 e. The van der Waals surface area contributed by atoms with Gasteiger partial charge in [0.1, 0.15) is 22.8 Å². The number of carbonyl (C=O) groups excluding carboxylic acids is 1. The summed E-state index contributed by atoms with van der Waals surface area (Å²) in [6.07, 6.45) is 0. The Kier molecular flexibility index (Phi) is 3.39. The monoisotopic (exact) mass is 260 g/mol. The van der Waals surface area contributed by atoms with E-state index in [0.717, 1.165) is 0 Å². The number of phenols is 3. The minimum absolute atomic E-state index is 0.0145. The molecule has 2 aromatic carbocycles. The fourth-order valence-corrected chi connectivity index (χ4v) is 1.75. The van der Waals surface area contributed by atoms with E-state index in [2.05, 4.69) is 0 Å². The molecular formula is C14H12O5. The zero-order chi connectivity index (χ0) is 14.0. The third kappa shape index (κ3) is 2.51. The molecule has 4 N–H and O–H groups in total. The second-order valence-electron chi connectivity index (χ2n) is 4.04. The lowest BCUT2D eigenvalue weighted by atomic mass is 10.00. The molecule has 0 spiro atoms. The molecule has 0 aromatic heterocycles. The van der Waals surface area contributed by atoms with E-state index in [9.17, 15) is 15.0 Å². The zero-order valence-corrected chi connectivity index (χ0v) is 9.87. The summed E-state index contributed by atoms with van der Waals surface area (Å²) >= 11 is 0. The Morgan fingerprint density at radius 1 is 0.947 bits per heavy atom. The number of phenolic OH excluding ortho intramolecular Hbond substituents is 3. The van der Waals surface area contributed by atoms with Crippen molar-refractivity contribution in [1.29, 1.82) is 0 Å². The second-order valence-corrected chi connectivity index (χ2v) is 4.04. The molecule has 5 nitrogen and oxygen atoms in total. The van der Waals surface area contributed by atoms with Crippen LogP contribution in [0.2, 0.25) is 0 Å². The third-order valence-corrected chi connectivity index (χ3v) is 2.70. The van der Waals surface area contributed by atoms with Crippen molar-refractivity contribution in [3.05, 3.63) is 53.1 Å². The molecule has 0 aliphatic carbocycles. The number of aliphatic hydroxyl groups excluding tert-OH is 1. The third-order valence-electron chi connectivity index (χ3n) is 2.70. The van der Waals surface area contributed by atoms with Gasteiger partial charge in [-0.05, 0) is 42.0 Å². The van der Waals surface area contributed by atoms with Gasteiger partial charge in [0, 0.05) is 5.56 Å². The lowest BCUT2D eigenvalue weighted by molar-refractivity contribution is 0.103. The molecule has 19 heavy (non-hydrogen) atoms. The Morgan fingerprint density at radius 2 is 1.47 bits per heavy atom. The molecule has 0 fully saturated rings. The normalized spacial score (nSPS) is 10.4. The zero-order valence-electron chi connectivity index (χ0n) is 9.87. The summed E-state index contributed by atoms with van der Waals surface area (Å²) in [5.74, 6) is -1.36. The predicted molar refractivity (Wildman–Crippen MR) is 67.2 cm³/mol. The lowest BCUT2D eigenvalue weighted by Crippen LogP contribution is -2.02. The van der Waals surface area contributed by atoms with E-state index in [1.54, 1.807) is 0 Å². The van der Waals surface area contributed by atoms with E-state index in [1.165, 1.54) is 36.4 Å². The van der Waals surface area contributed by atoms with Crippen LogP contribution >= 0.6 is 0 Å². The van der Waals surface area contributed by atoms with Gasteiger partial charge in [0.15, 0.2) is 0 Å². The number of hydrogen-bond donors (Lipinski definition) is 4. The van der Waals surface area contributed by atoms with Gasteiger partial charge < -0.3 is 20.4 Å². The molecule has 0 saturated carbocycles. The molecule has 0 heterocycles. The van der Waals surface area contributed by atoms with Gasteiger partial charge in [-0.1, -0.05) is 0 Å². The van der Waals surface area contributed by atoms with Crippen molar-refractivity contribution < 1.29 is 25.2 Å². The van der Waals surface area contributed by atoms with Gasteiger partial charge in [0.25, 0.3) is 0 Å². The molecule has 2 aromatic rings. The SMILES string of the molecule is O=C(c1ccc(O)cc1)c1c(O)cc(CO)cc1O. The topological polar surface area (TPSA) is 98.0 Å². The largest absolute Gasteiger partial charge is 0.508 e. The highest BCUT2D eigenvalue weighted by atomic mass is 16.3. The molecule has 0 amide bonds. The highest BCUT2D eigenvalue weighted by molar-refractivity contribution is 6.12. The van der Waals surface area contributed by atoms with Gasteiger partial charge in [-0.25, -0.2) is 0 Å². The maximum absolute atomic E-state index is 12.1. The summed E-state index contributed by atoms with van der Waals surface area (Å²) in [5.41, 5.74) is 0.292. The molecule has 0 unspecified atom stereocenters. The molecular weight excluding hydrogens is 248 g/mol. The van der Waals surface area contributed by atoms with E-state index in [0.29, 0.717) is 5.56 Å². The average molecular weight is 260 g/mol. The van der Waals surface area contributed by atoms with Crippen LogP contribution < -0.4 is 0 Å². The van der Waals surface area contributed by atoms with Crippen LogP contribution in [0.1, 0.15) is 21.5 Å². The fraction of sp³-hybridized carbons (Fsp3) is 0.0714. The quantitative estimate of drug-likeness (QED) is 0.627. The van der Waals surface area contributed by atoms with Crippen LogP contribution in [0.15, 0.2) is 36.4 Å². The Morgan fingerprint density at radius 3 is 1.95 bits per heavy atom. The van der Waals surface area contributed by atoms with E-state index in [-0.39, 0.29) is 23.5 Å².